The lowest BCUT2D eigenvalue weighted by molar-refractivity contribution is -0.137. The summed E-state index contributed by atoms with van der Waals surface area (Å²) >= 11 is 5.75. The fourth-order valence-electron chi connectivity index (χ4n) is 1.31. The normalized spacial score (nSPS) is 11.8. The van der Waals surface area contributed by atoms with Crippen LogP contribution < -0.4 is 5.73 Å². The van der Waals surface area contributed by atoms with Crippen molar-refractivity contribution in [2.45, 2.75) is 13.0 Å². The summed E-state index contributed by atoms with van der Waals surface area (Å²) in [6.07, 6.45) is -0.843. The number of nitrogen functional groups attached to an aromatic ring is 1. The van der Waals surface area contributed by atoms with Gasteiger partial charge in [0, 0.05) is 14.1 Å². The zero-order valence-electron chi connectivity index (χ0n) is 10.4. The number of rotatable bonds is 3. The van der Waals surface area contributed by atoms with E-state index in [0.717, 1.165) is 0 Å². The molecular formula is C12H15ClN2O3. The van der Waals surface area contributed by atoms with Crippen LogP contribution in [0.15, 0.2) is 18.2 Å². The van der Waals surface area contributed by atoms with Gasteiger partial charge in [-0.3, -0.25) is 4.79 Å². The van der Waals surface area contributed by atoms with E-state index in [1.807, 2.05) is 0 Å². The van der Waals surface area contributed by atoms with Crippen molar-refractivity contribution in [1.82, 2.24) is 4.90 Å². The molecule has 1 amide bonds. The van der Waals surface area contributed by atoms with Crippen molar-refractivity contribution < 1.29 is 14.3 Å². The zero-order valence-corrected chi connectivity index (χ0v) is 11.2. The van der Waals surface area contributed by atoms with Gasteiger partial charge in [0.05, 0.1) is 16.3 Å². The van der Waals surface area contributed by atoms with Crippen LogP contribution in [0.1, 0.15) is 17.3 Å². The van der Waals surface area contributed by atoms with E-state index in [2.05, 4.69) is 0 Å². The van der Waals surface area contributed by atoms with Gasteiger partial charge in [-0.15, -0.1) is 0 Å². The van der Waals surface area contributed by atoms with Gasteiger partial charge in [0.2, 0.25) is 0 Å². The van der Waals surface area contributed by atoms with Gasteiger partial charge < -0.3 is 15.4 Å². The maximum Gasteiger partial charge on any atom is 0.338 e. The molecule has 0 bridgehead atoms. The Morgan fingerprint density at radius 3 is 2.50 bits per heavy atom. The van der Waals surface area contributed by atoms with E-state index in [1.54, 1.807) is 14.1 Å². The van der Waals surface area contributed by atoms with Crippen LogP contribution in [0.25, 0.3) is 0 Å². The molecule has 0 saturated heterocycles. The predicted octanol–water partition coefficient (Wildman–Crippen LogP) is 1.56. The molecule has 0 spiro atoms. The van der Waals surface area contributed by atoms with Crippen molar-refractivity contribution in [3.05, 3.63) is 28.8 Å². The third-order valence-electron chi connectivity index (χ3n) is 2.30. The van der Waals surface area contributed by atoms with Crippen molar-refractivity contribution in [1.29, 1.82) is 0 Å². The number of hydrogen-bond acceptors (Lipinski definition) is 4. The summed E-state index contributed by atoms with van der Waals surface area (Å²) in [7, 11) is 3.18. The molecule has 0 radical (unpaired) electrons. The van der Waals surface area contributed by atoms with Gasteiger partial charge in [-0.2, -0.15) is 0 Å². The molecule has 1 unspecified atom stereocenters. The van der Waals surface area contributed by atoms with E-state index in [0.29, 0.717) is 5.02 Å². The van der Waals surface area contributed by atoms with E-state index < -0.39 is 12.1 Å². The topological polar surface area (TPSA) is 72.6 Å². The lowest BCUT2D eigenvalue weighted by Gasteiger charge is -2.17. The maximum absolute atomic E-state index is 11.8. The van der Waals surface area contributed by atoms with E-state index in [-0.39, 0.29) is 17.2 Å². The number of amides is 1. The summed E-state index contributed by atoms with van der Waals surface area (Å²) in [5.41, 5.74) is 6.13. The third kappa shape index (κ3) is 3.37. The van der Waals surface area contributed by atoms with E-state index >= 15 is 0 Å². The summed E-state index contributed by atoms with van der Waals surface area (Å²) in [5, 5.41) is 0.365. The summed E-state index contributed by atoms with van der Waals surface area (Å²) in [5.74, 6) is -0.897. The third-order valence-corrected chi connectivity index (χ3v) is 2.65. The SMILES string of the molecule is CC(OC(=O)c1ccc(Cl)c(N)c1)C(=O)N(C)C. The van der Waals surface area contributed by atoms with Gasteiger partial charge in [-0.25, -0.2) is 4.79 Å². The molecule has 2 N–H and O–H groups in total. The molecule has 1 rings (SSSR count). The second-order valence-corrected chi connectivity index (χ2v) is 4.42. The molecular weight excluding hydrogens is 256 g/mol. The quantitative estimate of drug-likeness (QED) is 0.668. The molecule has 5 nitrogen and oxygen atoms in total. The molecule has 0 saturated carbocycles. The highest BCUT2D eigenvalue weighted by atomic mass is 35.5. The number of ether oxygens (including phenoxy) is 1. The van der Waals surface area contributed by atoms with Gasteiger partial charge in [-0.1, -0.05) is 11.6 Å². The molecule has 1 aromatic rings. The number of likely N-dealkylation sites (N-methyl/N-ethyl adjacent to an activating group) is 1. The lowest BCUT2D eigenvalue weighted by atomic mass is 10.2. The monoisotopic (exact) mass is 270 g/mol. The number of halogens is 1. The van der Waals surface area contributed by atoms with Gasteiger partial charge in [0.15, 0.2) is 6.10 Å². The average Bonchev–Trinajstić information content (AvgIpc) is 2.31. The summed E-state index contributed by atoms with van der Waals surface area (Å²) in [6.45, 7) is 1.51. The molecule has 0 aliphatic heterocycles. The van der Waals surface area contributed by atoms with Gasteiger partial charge >= 0.3 is 5.97 Å². The fourth-order valence-corrected chi connectivity index (χ4v) is 1.43. The largest absolute Gasteiger partial charge is 0.449 e. The Morgan fingerprint density at radius 1 is 1.39 bits per heavy atom. The minimum atomic E-state index is -0.843. The van der Waals surface area contributed by atoms with Crippen LogP contribution in [0.4, 0.5) is 5.69 Å². The number of anilines is 1. The smallest absolute Gasteiger partial charge is 0.338 e. The van der Waals surface area contributed by atoms with Crippen molar-refractivity contribution in [2.24, 2.45) is 0 Å². The summed E-state index contributed by atoms with van der Waals surface area (Å²) < 4.78 is 5.03. The van der Waals surface area contributed by atoms with Crippen LogP contribution in [0.2, 0.25) is 5.02 Å². The summed E-state index contributed by atoms with van der Waals surface area (Å²) in [4.78, 5) is 24.6. The second-order valence-electron chi connectivity index (χ2n) is 4.02. The Hall–Kier alpha value is -1.75. The van der Waals surface area contributed by atoms with Crippen molar-refractivity contribution in [2.75, 3.05) is 19.8 Å². The predicted molar refractivity (Wildman–Crippen MR) is 69.4 cm³/mol. The molecule has 1 atom stereocenters. The van der Waals surface area contributed by atoms with Crippen LogP contribution in [0, 0.1) is 0 Å². The molecule has 0 heterocycles. The van der Waals surface area contributed by atoms with Crippen LogP contribution in [0.3, 0.4) is 0 Å². The van der Waals surface area contributed by atoms with E-state index in [4.69, 9.17) is 22.1 Å². The zero-order chi connectivity index (χ0) is 13.9. The second kappa shape index (κ2) is 5.73. The minimum absolute atomic E-state index is 0.260. The molecule has 98 valence electrons. The molecule has 0 aromatic heterocycles. The highest BCUT2D eigenvalue weighted by Crippen LogP contribution is 2.20. The molecule has 0 fully saturated rings. The minimum Gasteiger partial charge on any atom is -0.449 e. The van der Waals surface area contributed by atoms with E-state index in [1.165, 1.54) is 30.0 Å². The molecule has 6 heteroatoms. The highest BCUT2D eigenvalue weighted by Gasteiger charge is 2.20. The molecule has 1 aromatic carbocycles. The van der Waals surface area contributed by atoms with Gasteiger partial charge in [0.1, 0.15) is 0 Å². The van der Waals surface area contributed by atoms with Crippen molar-refractivity contribution >= 4 is 29.2 Å². The standard InChI is InChI=1S/C12H15ClN2O3/c1-7(11(16)15(2)3)18-12(17)8-4-5-9(13)10(14)6-8/h4-7H,14H2,1-3H3. The number of esters is 1. The first-order chi connectivity index (χ1) is 8.32. The number of nitrogens with zero attached hydrogens (tertiary/aromatic N) is 1. The molecule has 0 aliphatic rings. The van der Waals surface area contributed by atoms with Crippen molar-refractivity contribution in [3.8, 4) is 0 Å². The molecule has 0 aliphatic carbocycles. The first-order valence-corrected chi connectivity index (χ1v) is 5.68. The number of benzene rings is 1. The van der Waals surface area contributed by atoms with Gasteiger partial charge in [0.25, 0.3) is 5.91 Å². The van der Waals surface area contributed by atoms with Crippen LogP contribution >= 0.6 is 11.6 Å². The maximum atomic E-state index is 11.8. The van der Waals surface area contributed by atoms with Crippen molar-refractivity contribution in [3.63, 3.8) is 0 Å². The Kier molecular flexibility index (Phi) is 4.55. The highest BCUT2D eigenvalue weighted by molar-refractivity contribution is 6.33. The van der Waals surface area contributed by atoms with Gasteiger partial charge in [-0.05, 0) is 25.1 Å². The van der Waals surface area contributed by atoms with Crippen LogP contribution in [-0.2, 0) is 9.53 Å². The number of carbonyl (C=O) groups excluding carboxylic acids is 2. The first-order valence-electron chi connectivity index (χ1n) is 5.30. The van der Waals surface area contributed by atoms with Crippen LogP contribution in [0.5, 0.6) is 0 Å². The Bertz CT molecular complexity index is 474. The summed E-state index contributed by atoms with van der Waals surface area (Å²) in [6, 6.07) is 4.41. The average molecular weight is 271 g/mol. The molecule has 18 heavy (non-hydrogen) atoms. The Morgan fingerprint density at radius 2 is 2.00 bits per heavy atom. The fraction of sp³-hybridized carbons (Fsp3) is 0.333. The number of carbonyl (C=O) groups is 2. The lowest BCUT2D eigenvalue weighted by Crippen LogP contribution is -2.34. The number of nitrogens with two attached hydrogens (primary N) is 1. The van der Waals surface area contributed by atoms with Crippen LogP contribution in [-0.4, -0.2) is 37.0 Å². The first kappa shape index (κ1) is 14.3. The van der Waals surface area contributed by atoms with E-state index in [9.17, 15) is 9.59 Å². The Balaban J connectivity index is 2.76. The number of hydrogen-bond donors (Lipinski definition) is 1. The Labute approximate surface area is 110 Å².